The maximum absolute atomic E-state index is 4.29. The third-order valence-electron chi connectivity index (χ3n) is 2.53. The van der Waals surface area contributed by atoms with E-state index in [1.807, 2.05) is 0 Å². The third kappa shape index (κ3) is 2.04. The van der Waals surface area contributed by atoms with Crippen LogP contribution < -0.4 is 10.2 Å². The van der Waals surface area contributed by atoms with Crippen molar-refractivity contribution in [2.24, 2.45) is 0 Å². The fraction of sp³-hybridized carbons (Fsp3) is 0.778. The molecule has 1 fully saturated rings. The van der Waals surface area contributed by atoms with Crippen molar-refractivity contribution < 1.29 is 0 Å². The lowest BCUT2D eigenvalue weighted by molar-refractivity contribution is 0.623. The lowest BCUT2D eigenvalue weighted by Gasteiger charge is -2.26. The van der Waals surface area contributed by atoms with Crippen LogP contribution in [0, 0.1) is 0 Å². The summed E-state index contributed by atoms with van der Waals surface area (Å²) in [5.74, 6) is 0. The van der Waals surface area contributed by atoms with Crippen LogP contribution in [0.15, 0.2) is 6.33 Å². The topological polar surface area (TPSA) is 41.1 Å². The van der Waals surface area contributed by atoms with E-state index in [4.69, 9.17) is 0 Å². The van der Waals surface area contributed by atoms with E-state index in [-0.39, 0.29) is 0 Å². The molecule has 1 saturated heterocycles. The Kier molecular flexibility index (Phi) is 3.31. The van der Waals surface area contributed by atoms with Gasteiger partial charge in [-0.25, -0.2) is 4.98 Å². The molecule has 0 aliphatic carbocycles. The molecule has 1 unspecified atom stereocenters. The molecule has 2 heterocycles. The Labute approximate surface area is 88.5 Å². The predicted octanol–water partition coefficient (Wildman–Crippen LogP) is 1.12. The molecule has 1 aromatic rings. The molecule has 1 aromatic heterocycles. The van der Waals surface area contributed by atoms with Gasteiger partial charge in [0, 0.05) is 30.7 Å². The Morgan fingerprint density at radius 1 is 1.71 bits per heavy atom. The second kappa shape index (κ2) is 4.70. The smallest absolute Gasteiger partial charge is 0.205 e. The minimum atomic E-state index is 0.614. The molecule has 1 N–H and O–H groups in total. The lowest BCUT2D eigenvalue weighted by Crippen LogP contribution is -2.37. The number of anilines is 1. The van der Waals surface area contributed by atoms with Gasteiger partial charge in [-0.1, -0.05) is 6.92 Å². The van der Waals surface area contributed by atoms with Gasteiger partial charge in [0.05, 0.1) is 0 Å². The number of nitrogens with zero attached hydrogens (tertiary/aromatic N) is 3. The Hall–Kier alpha value is -0.680. The number of aromatic nitrogens is 2. The zero-order chi connectivity index (χ0) is 9.80. The highest BCUT2D eigenvalue weighted by Gasteiger charge is 2.23. The molecule has 0 bridgehead atoms. The molecule has 4 nitrogen and oxygen atoms in total. The first-order chi connectivity index (χ1) is 6.92. The molecule has 0 radical (unpaired) electrons. The Bertz CT molecular complexity index is 256. The van der Waals surface area contributed by atoms with E-state index in [0.29, 0.717) is 6.04 Å². The predicted molar refractivity (Wildman–Crippen MR) is 58.8 cm³/mol. The van der Waals surface area contributed by atoms with Gasteiger partial charge in [0.1, 0.15) is 6.33 Å². The number of rotatable bonds is 4. The van der Waals surface area contributed by atoms with Crippen molar-refractivity contribution in [2.45, 2.75) is 25.8 Å². The Morgan fingerprint density at radius 3 is 3.21 bits per heavy atom. The minimum Gasteiger partial charge on any atom is -0.343 e. The summed E-state index contributed by atoms with van der Waals surface area (Å²) < 4.78 is 4.07. The van der Waals surface area contributed by atoms with E-state index < -0.39 is 0 Å². The van der Waals surface area contributed by atoms with Gasteiger partial charge in [0.2, 0.25) is 5.13 Å². The van der Waals surface area contributed by atoms with E-state index in [2.05, 4.69) is 26.5 Å². The van der Waals surface area contributed by atoms with Gasteiger partial charge >= 0.3 is 0 Å². The van der Waals surface area contributed by atoms with E-state index in [9.17, 15) is 0 Å². The fourth-order valence-corrected chi connectivity index (χ4v) is 2.50. The molecule has 1 atom stereocenters. The quantitative estimate of drug-likeness (QED) is 0.812. The molecule has 0 amide bonds. The van der Waals surface area contributed by atoms with Crippen molar-refractivity contribution in [1.82, 2.24) is 14.7 Å². The molecular weight excluding hydrogens is 196 g/mol. The van der Waals surface area contributed by atoms with Crippen LogP contribution in [-0.4, -0.2) is 35.0 Å². The average molecular weight is 212 g/mol. The molecule has 14 heavy (non-hydrogen) atoms. The first-order valence-electron chi connectivity index (χ1n) is 5.16. The first kappa shape index (κ1) is 9.86. The largest absolute Gasteiger partial charge is 0.343 e. The maximum Gasteiger partial charge on any atom is 0.205 e. The van der Waals surface area contributed by atoms with Crippen molar-refractivity contribution >= 4 is 16.7 Å². The second-order valence-electron chi connectivity index (χ2n) is 3.56. The summed E-state index contributed by atoms with van der Waals surface area (Å²) in [7, 11) is 0. The van der Waals surface area contributed by atoms with Crippen LogP contribution in [0.3, 0.4) is 0 Å². The van der Waals surface area contributed by atoms with Crippen molar-refractivity contribution in [1.29, 1.82) is 0 Å². The highest BCUT2D eigenvalue weighted by atomic mass is 32.1. The third-order valence-corrected chi connectivity index (χ3v) is 3.24. The van der Waals surface area contributed by atoms with Gasteiger partial charge in [-0.2, -0.15) is 4.37 Å². The summed E-state index contributed by atoms with van der Waals surface area (Å²) in [6, 6.07) is 0.614. The van der Waals surface area contributed by atoms with Gasteiger partial charge in [-0.05, 0) is 19.4 Å². The molecular formula is C9H16N4S. The summed E-state index contributed by atoms with van der Waals surface area (Å²) in [6.07, 6.45) is 4.03. The van der Waals surface area contributed by atoms with Crippen molar-refractivity contribution in [3.8, 4) is 0 Å². The Morgan fingerprint density at radius 2 is 2.64 bits per heavy atom. The van der Waals surface area contributed by atoms with Crippen LogP contribution in [0.25, 0.3) is 0 Å². The molecule has 0 aromatic carbocycles. The molecule has 1 aliphatic heterocycles. The van der Waals surface area contributed by atoms with Gasteiger partial charge in [-0.3, -0.25) is 0 Å². The van der Waals surface area contributed by atoms with Crippen LogP contribution in [0.1, 0.15) is 19.8 Å². The van der Waals surface area contributed by atoms with Gasteiger partial charge in [-0.15, -0.1) is 0 Å². The van der Waals surface area contributed by atoms with E-state index in [0.717, 1.165) is 31.2 Å². The summed E-state index contributed by atoms with van der Waals surface area (Å²) >= 11 is 1.49. The summed E-state index contributed by atoms with van der Waals surface area (Å²) in [4.78, 5) is 6.67. The molecule has 2 rings (SSSR count). The SMILES string of the molecule is CCCN(c1ncns1)C1CCNC1. The molecule has 1 aliphatic rings. The molecule has 0 spiro atoms. The van der Waals surface area contributed by atoms with Crippen LogP contribution in [0.4, 0.5) is 5.13 Å². The number of nitrogens with one attached hydrogen (secondary N) is 1. The van der Waals surface area contributed by atoms with Gasteiger partial charge in [0.15, 0.2) is 0 Å². The zero-order valence-electron chi connectivity index (χ0n) is 8.44. The normalized spacial score (nSPS) is 21.4. The molecule has 78 valence electrons. The second-order valence-corrected chi connectivity index (χ2v) is 4.32. The van der Waals surface area contributed by atoms with Crippen LogP contribution in [-0.2, 0) is 0 Å². The van der Waals surface area contributed by atoms with Crippen LogP contribution in [0.2, 0.25) is 0 Å². The van der Waals surface area contributed by atoms with Crippen molar-refractivity contribution in [3.63, 3.8) is 0 Å². The molecule has 0 saturated carbocycles. The maximum atomic E-state index is 4.29. The van der Waals surface area contributed by atoms with Crippen LogP contribution >= 0.6 is 11.5 Å². The van der Waals surface area contributed by atoms with Gasteiger partial charge in [0.25, 0.3) is 0 Å². The van der Waals surface area contributed by atoms with Crippen LogP contribution in [0.5, 0.6) is 0 Å². The molecule has 5 heteroatoms. The number of hydrogen-bond acceptors (Lipinski definition) is 5. The fourth-order valence-electron chi connectivity index (χ4n) is 1.87. The van der Waals surface area contributed by atoms with E-state index in [1.54, 1.807) is 6.33 Å². The highest BCUT2D eigenvalue weighted by Crippen LogP contribution is 2.20. The van der Waals surface area contributed by atoms with E-state index in [1.165, 1.54) is 18.0 Å². The summed E-state index contributed by atoms with van der Waals surface area (Å²) in [5, 5.41) is 4.46. The zero-order valence-corrected chi connectivity index (χ0v) is 9.26. The average Bonchev–Trinajstić information content (AvgIpc) is 2.87. The monoisotopic (exact) mass is 212 g/mol. The standard InChI is InChI=1S/C9H16N4S/c1-2-5-13(8-3-4-10-6-8)9-11-7-12-14-9/h7-8,10H,2-6H2,1H3. The minimum absolute atomic E-state index is 0.614. The first-order valence-corrected chi connectivity index (χ1v) is 5.93. The van der Waals surface area contributed by atoms with E-state index >= 15 is 0 Å². The van der Waals surface area contributed by atoms with Crippen molar-refractivity contribution in [2.75, 3.05) is 24.5 Å². The number of hydrogen-bond donors (Lipinski definition) is 1. The summed E-state index contributed by atoms with van der Waals surface area (Å²) in [6.45, 7) is 5.50. The van der Waals surface area contributed by atoms with Crippen molar-refractivity contribution in [3.05, 3.63) is 6.33 Å². The lowest BCUT2D eigenvalue weighted by atomic mass is 10.2. The highest BCUT2D eigenvalue weighted by molar-refractivity contribution is 7.09. The Balaban J connectivity index is 2.06. The summed E-state index contributed by atoms with van der Waals surface area (Å²) in [5.41, 5.74) is 0. The van der Waals surface area contributed by atoms with Gasteiger partial charge < -0.3 is 10.2 Å².